The van der Waals surface area contributed by atoms with Crippen LogP contribution in [-0.2, 0) is 14.8 Å². The van der Waals surface area contributed by atoms with E-state index in [1.807, 2.05) is 17.9 Å². The molecule has 0 unspecified atom stereocenters. The SMILES string of the molecule is C[C@@H](NC(=O)CN1CCN(S(=O)(=O)c2ccc(Cl)cc2)CC1)c1ccco1. The van der Waals surface area contributed by atoms with Gasteiger partial charge in [0.15, 0.2) is 0 Å². The van der Waals surface area contributed by atoms with Crippen molar-refractivity contribution in [1.82, 2.24) is 14.5 Å². The molecule has 0 aliphatic carbocycles. The van der Waals surface area contributed by atoms with E-state index < -0.39 is 10.0 Å². The number of benzene rings is 1. The van der Waals surface area contributed by atoms with E-state index in [9.17, 15) is 13.2 Å². The number of furan rings is 1. The van der Waals surface area contributed by atoms with E-state index >= 15 is 0 Å². The molecule has 1 atom stereocenters. The summed E-state index contributed by atoms with van der Waals surface area (Å²) in [6.07, 6.45) is 1.57. The summed E-state index contributed by atoms with van der Waals surface area (Å²) >= 11 is 5.82. The lowest BCUT2D eigenvalue weighted by Gasteiger charge is -2.33. The summed E-state index contributed by atoms with van der Waals surface area (Å²) in [7, 11) is -3.54. The maximum absolute atomic E-state index is 12.7. The Morgan fingerprint density at radius 2 is 1.85 bits per heavy atom. The van der Waals surface area contributed by atoms with Crippen LogP contribution in [0.3, 0.4) is 0 Å². The average Bonchev–Trinajstić information content (AvgIpc) is 3.17. The van der Waals surface area contributed by atoms with Gasteiger partial charge in [0.2, 0.25) is 15.9 Å². The molecular formula is C18H22ClN3O4S. The highest BCUT2D eigenvalue weighted by Gasteiger charge is 2.29. The van der Waals surface area contributed by atoms with Crippen molar-refractivity contribution in [3.8, 4) is 0 Å². The lowest BCUT2D eigenvalue weighted by atomic mass is 10.2. The Labute approximate surface area is 163 Å². The second-order valence-corrected chi connectivity index (χ2v) is 8.81. The Balaban J connectivity index is 1.51. The molecule has 1 aliphatic heterocycles. The highest BCUT2D eigenvalue weighted by Crippen LogP contribution is 2.20. The summed E-state index contributed by atoms with van der Waals surface area (Å²) in [6, 6.07) is 9.52. The van der Waals surface area contributed by atoms with Gasteiger partial charge in [0, 0.05) is 31.2 Å². The topological polar surface area (TPSA) is 82.9 Å². The van der Waals surface area contributed by atoms with E-state index in [0.29, 0.717) is 37.0 Å². The molecule has 1 aliphatic rings. The lowest BCUT2D eigenvalue weighted by Crippen LogP contribution is -2.51. The molecule has 3 rings (SSSR count). The van der Waals surface area contributed by atoms with Crippen LogP contribution in [0.4, 0.5) is 0 Å². The van der Waals surface area contributed by atoms with E-state index in [4.69, 9.17) is 16.0 Å². The smallest absolute Gasteiger partial charge is 0.243 e. The van der Waals surface area contributed by atoms with Crippen molar-refractivity contribution in [2.45, 2.75) is 17.9 Å². The molecule has 27 heavy (non-hydrogen) atoms. The molecule has 1 aromatic heterocycles. The summed E-state index contributed by atoms with van der Waals surface area (Å²) in [4.78, 5) is 14.4. The molecule has 0 radical (unpaired) electrons. The second-order valence-electron chi connectivity index (χ2n) is 6.44. The van der Waals surface area contributed by atoms with Crippen molar-refractivity contribution in [1.29, 1.82) is 0 Å². The van der Waals surface area contributed by atoms with Crippen LogP contribution >= 0.6 is 11.6 Å². The van der Waals surface area contributed by atoms with E-state index in [1.54, 1.807) is 24.5 Å². The molecular weight excluding hydrogens is 390 g/mol. The molecule has 2 heterocycles. The standard InChI is InChI=1S/C18H22ClN3O4S/c1-14(17-3-2-12-26-17)20-18(23)13-21-8-10-22(11-9-21)27(24,25)16-6-4-15(19)5-7-16/h2-7,12,14H,8-11,13H2,1H3,(H,20,23)/t14-/m1/s1. The van der Waals surface area contributed by atoms with Crippen LogP contribution in [0.15, 0.2) is 52.0 Å². The third-order valence-corrected chi connectivity index (χ3v) is 6.66. The quantitative estimate of drug-likeness (QED) is 0.787. The highest BCUT2D eigenvalue weighted by atomic mass is 35.5. The number of carbonyl (C=O) groups is 1. The predicted octanol–water partition coefficient (Wildman–Crippen LogP) is 2.12. The van der Waals surface area contributed by atoms with Gasteiger partial charge in [0.05, 0.1) is 23.7 Å². The molecule has 1 N–H and O–H groups in total. The summed E-state index contributed by atoms with van der Waals surface area (Å²) in [5.41, 5.74) is 0. The monoisotopic (exact) mass is 411 g/mol. The van der Waals surface area contributed by atoms with Crippen LogP contribution in [0.1, 0.15) is 18.7 Å². The number of hydrogen-bond donors (Lipinski definition) is 1. The van der Waals surface area contributed by atoms with Crippen LogP contribution in [0.25, 0.3) is 0 Å². The molecule has 1 fully saturated rings. The Bertz CT molecular complexity index is 861. The zero-order valence-corrected chi connectivity index (χ0v) is 16.5. The van der Waals surface area contributed by atoms with Gasteiger partial charge in [-0.1, -0.05) is 11.6 Å². The second kappa shape index (κ2) is 8.43. The van der Waals surface area contributed by atoms with Gasteiger partial charge in [-0.2, -0.15) is 4.31 Å². The maximum Gasteiger partial charge on any atom is 0.243 e. The van der Waals surface area contributed by atoms with Gasteiger partial charge in [0.25, 0.3) is 0 Å². The van der Waals surface area contributed by atoms with Crippen LogP contribution in [0.2, 0.25) is 5.02 Å². The summed E-state index contributed by atoms with van der Waals surface area (Å²) in [6.45, 7) is 3.75. The van der Waals surface area contributed by atoms with Gasteiger partial charge in [-0.15, -0.1) is 0 Å². The number of hydrogen-bond acceptors (Lipinski definition) is 5. The summed E-state index contributed by atoms with van der Waals surface area (Å²) in [5, 5.41) is 3.38. The third-order valence-electron chi connectivity index (χ3n) is 4.50. The number of nitrogens with zero attached hydrogens (tertiary/aromatic N) is 2. The van der Waals surface area contributed by atoms with Gasteiger partial charge >= 0.3 is 0 Å². The van der Waals surface area contributed by atoms with Crippen molar-refractivity contribution in [2.24, 2.45) is 0 Å². The number of carbonyl (C=O) groups excluding carboxylic acids is 1. The van der Waals surface area contributed by atoms with Crippen molar-refractivity contribution in [2.75, 3.05) is 32.7 Å². The van der Waals surface area contributed by atoms with Crippen molar-refractivity contribution in [3.05, 3.63) is 53.4 Å². The van der Waals surface area contributed by atoms with E-state index in [-0.39, 0.29) is 23.4 Å². The Morgan fingerprint density at radius 1 is 1.19 bits per heavy atom. The Hall–Kier alpha value is -1.87. The molecule has 146 valence electrons. The van der Waals surface area contributed by atoms with Gasteiger partial charge in [0.1, 0.15) is 5.76 Å². The van der Waals surface area contributed by atoms with Gasteiger partial charge in [-0.3, -0.25) is 9.69 Å². The molecule has 0 bridgehead atoms. The first-order valence-electron chi connectivity index (χ1n) is 8.67. The molecule has 1 amide bonds. The number of sulfonamides is 1. The van der Waals surface area contributed by atoms with Crippen LogP contribution in [0, 0.1) is 0 Å². The fraction of sp³-hybridized carbons (Fsp3) is 0.389. The minimum atomic E-state index is -3.54. The van der Waals surface area contributed by atoms with Gasteiger partial charge < -0.3 is 9.73 Å². The molecule has 1 saturated heterocycles. The summed E-state index contributed by atoms with van der Waals surface area (Å²) < 4.78 is 32.1. The van der Waals surface area contributed by atoms with Crippen LogP contribution in [-0.4, -0.2) is 56.3 Å². The zero-order valence-electron chi connectivity index (χ0n) is 15.0. The maximum atomic E-state index is 12.7. The first-order chi connectivity index (χ1) is 12.9. The normalized spacial score (nSPS) is 17.6. The summed E-state index contributed by atoms with van der Waals surface area (Å²) in [5.74, 6) is 0.579. The van der Waals surface area contributed by atoms with Crippen molar-refractivity contribution >= 4 is 27.5 Å². The fourth-order valence-corrected chi connectivity index (χ4v) is 4.53. The van der Waals surface area contributed by atoms with E-state index in [2.05, 4.69) is 5.32 Å². The van der Waals surface area contributed by atoms with Gasteiger partial charge in [-0.25, -0.2) is 8.42 Å². The molecule has 7 nitrogen and oxygen atoms in total. The zero-order chi connectivity index (χ0) is 19.4. The number of amides is 1. The number of halogens is 1. The van der Waals surface area contributed by atoms with E-state index in [0.717, 1.165) is 0 Å². The van der Waals surface area contributed by atoms with E-state index in [1.165, 1.54) is 16.4 Å². The Morgan fingerprint density at radius 3 is 2.44 bits per heavy atom. The van der Waals surface area contributed by atoms with Crippen LogP contribution < -0.4 is 5.32 Å². The Kier molecular flexibility index (Phi) is 6.21. The molecule has 1 aromatic carbocycles. The van der Waals surface area contributed by atoms with Gasteiger partial charge in [-0.05, 0) is 43.3 Å². The average molecular weight is 412 g/mol. The minimum absolute atomic E-state index is 0.118. The largest absolute Gasteiger partial charge is 0.467 e. The lowest BCUT2D eigenvalue weighted by molar-refractivity contribution is -0.123. The molecule has 9 heteroatoms. The van der Waals surface area contributed by atoms with Crippen LogP contribution in [0.5, 0.6) is 0 Å². The fourth-order valence-electron chi connectivity index (χ4n) is 2.98. The van der Waals surface area contributed by atoms with Crippen molar-refractivity contribution < 1.29 is 17.6 Å². The first-order valence-corrected chi connectivity index (χ1v) is 10.5. The first kappa shape index (κ1) is 19.9. The minimum Gasteiger partial charge on any atom is -0.467 e. The molecule has 2 aromatic rings. The number of rotatable bonds is 6. The highest BCUT2D eigenvalue weighted by molar-refractivity contribution is 7.89. The number of nitrogens with one attached hydrogen (secondary N) is 1. The van der Waals surface area contributed by atoms with Crippen molar-refractivity contribution in [3.63, 3.8) is 0 Å². The molecule has 0 saturated carbocycles. The number of piperazine rings is 1. The third kappa shape index (κ3) is 4.90. The molecule has 0 spiro atoms. The predicted molar refractivity (Wildman–Crippen MR) is 102 cm³/mol.